The van der Waals surface area contributed by atoms with Gasteiger partial charge in [-0.15, -0.1) is 0 Å². The molecule has 5 heteroatoms. The molecular formula is C8H7N5. The first-order chi connectivity index (χ1) is 6.33. The largest absolute Gasteiger partial charge is 0.312 e. The second-order valence-corrected chi connectivity index (χ2v) is 2.65. The van der Waals surface area contributed by atoms with Crippen molar-refractivity contribution in [1.82, 2.24) is 15.4 Å². The monoisotopic (exact) mass is 173 g/mol. The fourth-order valence-electron chi connectivity index (χ4n) is 1.21. The zero-order valence-electron chi connectivity index (χ0n) is 6.73. The Bertz CT molecular complexity index is 467. The second kappa shape index (κ2) is 2.84. The topological polar surface area (TPSA) is 91.4 Å². The van der Waals surface area contributed by atoms with Crippen LogP contribution < -0.4 is 5.73 Å². The first-order valence-electron chi connectivity index (χ1n) is 3.77. The van der Waals surface area contributed by atoms with E-state index in [9.17, 15) is 0 Å². The third-order valence-electron chi connectivity index (χ3n) is 1.85. The maximum atomic E-state index is 8.65. The molecule has 0 amide bonds. The van der Waals surface area contributed by atoms with Gasteiger partial charge in [0.05, 0.1) is 6.07 Å². The van der Waals surface area contributed by atoms with Gasteiger partial charge in [-0.1, -0.05) is 12.1 Å². The molecule has 13 heavy (non-hydrogen) atoms. The minimum Gasteiger partial charge on any atom is -0.312 e. The molecule has 1 unspecified atom stereocenters. The zero-order chi connectivity index (χ0) is 9.26. The molecule has 2 rings (SSSR count). The minimum absolute atomic E-state index is 0.645. The van der Waals surface area contributed by atoms with Crippen LogP contribution in [0.1, 0.15) is 11.6 Å². The van der Waals surface area contributed by atoms with Crippen molar-refractivity contribution in [3.8, 4) is 6.07 Å². The number of nitrogens with one attached hydrogen (secondary N) is 1. The summed E-state index contributed by atoms with van der Waals surface area (Å²) in [6, 6.07) is 6.71. The van der Waals surface area contributed by atoms with Gasteiger partial charge in [-0.3, -0.25) is 0 Å². The number of hydrogen-bond acceptors (Lipinski definition) is 4. The highest BCUT2D eigenvalue weighted by Gasteiger charge is 2.10. The van der Waals surface area contributed by atoms with Crippen LogP contribution in [0.2, 0.25) is 0 Å². The number of benzene rings is 1. The van der Waals surface area contributed by atoms with Crippen molar-refractivity contribution in [2.75, 3.05) is 0 Å². The van der Waals surface area contributed by atoms with Crippen LogP contribution in [0.25, 0.3) is 11.0 Å². The van der Waals surface area contributed by atoms with E-state index in [1.807, 2.05) is 12.1 Å². The summed E-state index contributed by atoms with van der Waals surface area (Å²) >= 11 is 0. The van der Waals surface area contributed by atoms with E-state index in [-0.39, 0.29) is 0 Å². The highest BCUT2D eigenvalue weighted by molar-refractivity contribution is 5.78. The van der Waals surface area contributed by atoms with Crippen LogP contribution in [0.4, 0.5) is 0 Å². The van der Waals surface area contributed by atoms with Crippen molar-refractivity contribution in [3.63, 3.8) is 0 Å². The van der Waals surface area contributed by atoms with E-state index in [4.69, 9.17) is 11.0 Å². The van der Waals surface area contributed by atoms with Crippen molar-refractivity contribution >= 4 is 11.0 Å². The number of nitrogens with two attached hydrogens (primary N) is 1. The van der Waals surface area contributed by atoms with Gasteiger partial charge in [0.1, 0.15) is 17.1 Å². The Morgan fingerprint density at radius 2 is 2.31 bits per heavy atom. The molecule has 64 valence electrons. The lowest BCUT2D eigenvalue weighted by Crippen LogP contribution is -2.07. The van der Waals surface area contributed by atoms with Gasteiger partial charge in [0.2, 0.25) is 0 Å². The van der Waals surface area contributed by atoms with E-state index in [1.54, 1.807) is 12.1 Å². The highest BCUT2D eigenvalue weighted by atomic mass is 15.3. The fraction of sp³-hybridized carbons (Fsp3) is 0.125. The van der Waals surface area contributed by atoms with Gasteiger partial charge < -0.3 is 5.73 Å². The molecule has 0 radical (unpaired) electrons. The zero-order valence-corrected chi connectivity index (χ0v) is 6.73. The van der Waals surface area contributed by atoms with Crippen molar-refractivity contribution in [1.29, 1.82) is 5.26 Å². The maximum absolute atomic E-state index is 8.65. The molecule has 1 atom stereocenters. The Kier molecular flexibility index (Phi) is 1.69. The van der Waals surface area contributed by atoms with Crippen molar-refractivity contribution in [2.24, 2.45) is 5.73 Å². The molecular weight excluding hydrogens is 166 g/mol. The van der Waals surface area contributed by atoms with E-state index in [2.05, 4.69) is 15.4 Å². The Morgan fingerprint density at radius 3 is 3.08 bits per heavy atom. The van der Waals surface area contributed by atoms with Crippen LogP contribution in [0.3, 0.4) is 0 Å². The Labute approximate surface area is 74.2 Å². The molecule has 1 aromatic heterocycles. The van der Waals surface area contributed by atoms with Gasteiger partial charge in [-0.05, 0) is 6.07 Å². The van der Waals surface area contributed by atoms with Gasteiger partial charge in [-0.2, -0.15) is 20.7 Å². The van der Waals surface area contributed by atoms with Gasteiger partial charge in [-0.25, -0.2) is 0 Å². The number of aromatic amines is 1. The van der Waals surface area contributed by atoms with E-state index in [0.717, 1.165) is 5.52 Å². The highest BCUT2D eigenvalue weighted by Crippen LogP contribution is 2.18. The number of hydrogen-bond donors (Lipinski definition) is 2. The van der Waals surface area contributed by atoms with Crippen LogP contribution in [0.15, 0.2) is 18.2 Å². The summed E-state index contributed by atoms with van der Waals surface area (Å²) in [6.07, 6.45) is 0. The summed E-state index contributed by atoms with van der Waals surface area (Å²) < 4.78 is 0. The molecule has 1 aromatic carbocycles. The first-order valence-corrected chi connectivity index (χ1v) is 3.77. The van der Waals surface area contributed by atoms with E-state index < -0.39 is 6.04 Å². The van der Waals surface area contributed by atoms with E-state index in [0.29, 0.717) is 11.1 Å². The lowest BCUT2D eigenvalue weighted by atomic mass is 10.1. The Hall–Kier alpha value is -1.93. The number of H-pyrrole nitrogens is 1. The molecule has 3 N–H and O–H groups in total. The van der Waals surface area contributed by atoms with Crippen LogP contribution >= 0.6 is 0 Å². The van der Waals surface area contributed by atoms with Crippen LogP contribution in [0.5, 0.6) is 0 Å². The number of rotatable bonds is 1. The van der Waals surface area contributed by atoms with Crippen LogP contribution in [0, 0.1) is 11.3 Å². The Balaban J connectivity index is 2.69. The second-order valence-electron chi connectivity index (χ2n) is 2.65. The number of fused-ring (bicyclic) bond motifs is 1. The maximum Gasteiger partial charge on any atom is 0.121 e. The third kappa shape index (κ3) is 1.13. The summed E-state index contributed by atoms with van der Waals surface area (Å²) in [7, 11) is 0. The minimum atomic E-state index is -0.645. The molecule has 1 heterocycles. The summed E-state index contributed by atoms with van der Waals surface area (Å²) in [5.41, 5.74) is 7.67. The lowest BCUT2D eigenvalue weighted by molar-refractivity contribution is 0.920. The van der Waals surface area contributed by atoms with E-state index in [1.165, 1.54) is 0 Å². The molecule has 0 aliphatic carbocycles. The molecule has 0 saturated carbocycles. The molecule has 0 saturated heterocycles. The predicted octanol–water partition coefficient (Wildman–Crippen LogP) is 0.481. The van der Waals surface area contributed by atoms with Crippen LogP contribution in [-0.2, 0) is 0 Å². The number of aromatic nitrogens is 3. The normalized spacial score (nSPS) is 12.6. The first kappa shape index (κ1) is 7.71. The smallest absolute Gasteiger partial charge is 0.121 e. The van der Waals surface area contributed by atoms with Gasteiger partial charge in [0.25, 0.3) is 0 Å². The van der Waals surface area contributed by atoms with Gasteiger partial charge in [0, 0.05) is 5.56 Å². The molecule has 0 bridgehead atoms. The summed E-state index contributed by atoms with van der Waals surface area (Å²) in [5.74, 6) is 0. The summed E-state index contributed by atoms with van der Waals surface area (Å²) in [4.78, 5) is 0. The van der Waals surface area contributed by atoms with Gasteiger partial charge >= 0.3 is 0 Å². The molecule has 0 spiro atoms. The SMILES string of the molecule is N#CC(N)c1cccc2n[nH]nc12. The standard InChI is InChI=1S/C8H7N5/c9-4-6(10)5-2-1-3-7-8(5)12-13-11-7/h1-3,6H,10H2,(H,11,12,13). The van der Waals surface area contributed by atoms with Crippen molar-refractivity contribution < 1.29 is 0 Å². The molecule has 0 aliphatic rings. The fourth-order valence-corrected chi connectivity index (χ4v) is 1.21. The van der Waals surface area contributed by atoms with Gasteiger partial charge in [0.15, 0.2) is 0 Å². The lowest BCUT2D eigenvalue weighted by Gasteiger charge is -2.01. The summed E-state index contributed by atoms with van der Waals surface area (Å²) in [6.45, 7) is 0. The van der Waals surface area contributed by atoms with Crippen molar-refractivity contribution in [3.05, 3.63) is 23.8 Å². The summed E-state index contributed by atoms with van der Waals surface area (Å²) in [5, 5.41) is 19.0. The molecule has 0 aliphatic heterocycles. The number of nitrogens with zero attached hydrogens (tertiary/aromatic N) is 3. The average molecular weight is 173 g/mol. The number of nitriles is 1. The Morgan fingerprint density at radius 1 is 1.46 bits per heavy atom. The molecule has 0 fully saturated rings. The molecule has 5 nitrogen and oxygen atoms in total. The van der Waals surface area contributed by atoms with E-state index >= 15 is 0 Å². The quantitative estimate of drug-likeness (QED) is 0.656. The number of para-hydroxylation sites is 1. The predicted molar refractivity (Wildman–Crippen MR) is 46.4 cm³/mol. The van der Waals surface area contributed by atoms with Crippen LogP contribution in [-0.4, -0.2) is 15.4 Å². The third-order valence-corrected chi connectivity index (χ3v) is 1.85. The van der Waals surface area contributed by atoms with Crippen molar-refractivity contribution in [2.45, 2.75) is 6.04 Å². The average Bonchev–Trinajstić information content (AvgIpc) is 2.63. The molecule has 2 aromatic rings.